The largest absolute Gasteiger partial charge is 0.413 e. The average molecular weight is 270 g/mol. The van der Waals surface area contributed by atoms with Gasteiger partial charge in [-0.25, -0.2) is 4.79 Å². The van der Waals surface area contributed by atoms with Crippen LogP contribution in [0.3, 0.4) is 0 Å². The summed E-state index contributed by atoms with van der Waals surface area (Å²) >= 11 is 13.8. The fourth-order valence-corrected chi connectivity index (χ4v) is 1.21. The Labute approximate surface area is 87.5 Å². The fraction of sp³-hybridized carbons (Fsp3) is 0. The zero-order valence-corrected chi connectivity index (χ0v) is 8.78. The van der Waals surface area contributed by atoms with E-state index in [2.05, 4.69) is 20.7 Å². The number of hydrogen-bond donors (Lipinski definition) is 0. The summed E-state index contributed by atoms with van der Waals surface area (Å²) in [6.45, 7) is 0. The van der Waals surface area contributed by atoms with E-state index >= 15 is 0 Å². The van der Waals surface area contributed by atoms with Crippen molar-refractivity contribution in [2.24, 2.45) is 0 Å². The van der Waals surface area contributed by atoms with Crippen LogP contribution in [0.15, 0.2) is 22.7 Å². The van der Waals surface area contributed by atoms with Crippen LogP contribution >= 0.6 is 39.1 Å². The third-order valence-corrected chi connectivity index (χ3v) is 2.05. The minimum atomic E-state index is -0.891. The zero-order valence-electron chi connectivity index (χ0n) is 5.68. The second-order valence-electron chi connectivity index (χ2n) is 1.91. The lowest BCUT2D eigenvalue weighted by atomic mass is 10.3. The quantitative estimate of drug-likeness (QED) is 0.724. The van der Waals surface area contributed by atoms with Crippen LogP contribution < -0.4 is 4.74 Å². The molecule has 0 fully saturated rings. The predicted molar refractivity (Wildman–Crippen MR) is 51.0 cm³/mol. The second kappa shape index (κ2) is 4.12. The summed E-state index contributed by atoms with van der Waals surface area (Å²) < 4.78 is 5.25. The molecule has 0 aliphatic carbocycles. The first kappa shape index (κ1) is 9.84. The molecule has 0 heterocycles. The maximum absolute atomic E-state index is 10.4. The lowest BCUT2D eigenvalue weighted by Crippen LogP contribution is -1.96. The van der Waals surface area contributed by atoms with Crippen LogP contribution in [0, 0.1) is 0 Å². The number of hydrogen-bond acceptors (Lipinski definition) is 2. The number of halogens is 3. The number of ether oxygens (including phenoxy) is 1. The van der Waals surface area contributed by atoms with E-state index in [4.69, 9.17) is 23.2 Å². The van der Waals surface area contributed by atoms with E-state index in [1.54, 1.807) is 12.1 Å². The third-order valence-electron chi connectivity index (χ3n) is 1.08. The molecule has 1 rings (SSSR count). The molecule has 0 unspecified atom stereocenters. The molecule has 0 N–H and O–H groups in total. The highest BCUT2D eigenvalue weighted by atomic mass is 79.9. The second-order valence-corrected chi connectivity index (χ2v) is 3.51. The van der Waals surface area contributed by atoms with E-state index in [9.17, 15) is 4.79 Å². The molecule has 0 saturated carbocycles. The summed E-state index contributed by atoms with van der Waals surface area (Å²) in [4.78, 5) is 10.4. The van der Waals surface area contributed by atoms with Gasteiger partial charge in [-0.1, -0.05) is 11.6 Å². The van der Waals surface area contributed by atoms with Crippen molar-refractivity contribution in [2.75, 3.05) is 0 Å². The van der Waals surface area contributed by atoms with Gasteiger partial charge in [0.15, 0.2) is 0 Å². The molecule has 0 spiro atoms. The summed E-state index contributed by atoms with van der Waals surface area (Å²) in [5.74, 6) is 0.308. The fourth-order valence-electron chi connectivity index (χ4n) is 0.642. The predicted octanol–water partition coefficient (Wildman–Crippen LogP) is 3.84. The molecule has 2 nitrogen and oxygen atoms in total. The normalized spacial score (nSPS) is 9.58. The molecule has 0 saturated heterocycles. The Bertz CT molecular complexity index is 314. The molecule has 0 bridgehead atoms. The summed E-state index contributed by atoms with van der Waals surface area (Å²) in [7, 11) is 0. The SMILES string of the molecule is O=C(Cl)Oc1cc(Cl)ccc1Br. The van der Waals surface area contributed by atoms with Crippen molar-refractivity contribution >= 4 is 44.6 Å². The topological polar surface area (TPSA) is 26.3 Å². The standard InChI is InChI=1S/C7H3BrCl2O2/c8-5-2-1-4(9)3-6(5)12-7(10)11/h1-3H. The van der Waals surface area contributed by atoms with Gasteiger partial charge in [0.05, 0.1) is 4.47 Å². The van der Waals surface area contributed by atoms with Gasteiger partial charge in [0, 0.05) is 22.7 Å². The monoisotopic (exact) mass is 268 g/mol. The Morgan fingerprint density at radius 2 is 2.17 bits per heavy atom. The van der Waals surface area contributed by atoms with Gasteiger partial charge >= 0.3 is 5.43 Å². The zero-order chi connectivity index (χ0) is 9.14. The summed E-state index contributed by atoms with van der Waals surface area (Å²) in [6, 6.07) is 4.82. The van der Waals surface area contributed by atoms with Crippen molar-refractivity contribution in [1.29, 1.82) is 0 Å². The van der Waals surface area contributed by atoms with Gasteiger partial charge < -0.3 is 4.74 Å². The lowest BCUT2D eigenvalue weighted by molar-refractivity contribution is 0.225. The Kier molecular flexibility index (Phi) is 3.38. The number of benzene rings is 1. The van der Waals surface area contributed by atoms with Gasteiger partial charge in [0.2, 0.25) is 0 Å². The van der Waals surface area contributed by atoms with Gasteiger partial charge in [0.1, 0.15) is 5.75 Å². The van der Waals surface area contributed by atoms with Gasteiger partial charge in [-0.3, -0.25) is 0 Å². The maximum atomic E-state index is 10.4. The minimum Gasteiger partial charge on any atom is -0.413 e. The van der Waals surface area contributed by atoms with E-state index < -0.39 is 5.43 Å². The lowest BCUT2D eigenvalue weighted by Gasteiger charge is -2.02. The Balaban J connectivity index is 2.97. The van der Waals surface area contributed by atoms with Crippen molar-refractivity contribution in [3.05, 3.63) is 27.7 Å². The number of carbonyl (C=O) groups excluding carboxylic acids is 1. The molecule has 0 aromatic heterocycles. The van der Waals surface area contributed by atoms with E-state index in [0.717, 1.165) is 0 Å². The first-order valence-corrected chi connectivity index (χ1v) is 4.47. The van der Waals surface area contributed by atoms with Crippen molar-refractivity contribution in [3.63, 3.8) is 0 Å². The molecule has 1 aromatic rings. The van der Waals surface area contributed by atoms with E-state index in [1.165, 1.54) is 6.07 Å². The molecule has 0 atom stereocenters. The number of carbonyl (C=O) groups is 1. The van der Waals surface area contributed by atoms with Crippen molar-refractivity contribution in [1.82, 2.24) is 0 Å². The van der Waals surface area contributed by atoms with Crippen LogP contribution in [0.1, 0.15) is 0 Å². The average Bonchev–Trinajstić information content (AvgIpc) is 1.96. The van der Waals surface area contributed by atoms with Gasteiger partial charge in [0.25, 0.3) is 0 Å². The highest BCUT2D eigenvalue weighted by Crippen LogP contribution is 2.28. The molecule has 0 amide bonds. The van der Waals surface area contributed by atoms with Crippen molar-refractivity contribution in [3.8, 4) is 5.75 Å². The van der Waals surface area contributed by atoms with E-state index in [0.29, 0.717) is 15.2 Å². The molecule has 0 aliphatic rings. The van der Waals surface area contributed by atoms with Crippen LogP contribution in [0.2, 0.25) is 5.02 Å². The maximum Gasteiger partial charge on any atom is 0.409 e. The van der Waals surface area contributed by atoms with Gasteiger partial charge in [-0.15, -0.1) is 0 Å². The smallest absolute Gasteiger partial charge is 0.409 e. The Morgan fingerprint density at radius 3 is 2.75 bits per heavy atom. The number of rotatable bonds is 1. The van der Waals surface area contributed by atoms with E-state index in [-0.39, 0.29) is 0 Å². The summed E-state index contributed by atoms with van der Waals surface area (Å²) in [5.41, 5.74) is -0.891. The third kappa shape index (κ3) is 2.66. The Hall–Kier alpha value is -0.250. The molecule has 5 heteroatoms. The van der Waals surface area contributed by atoms with Crippen LogP contribution in [-0.4, -0.2) is 5.43 Å². The summed E-state index contributed by atoms with van der Waals surface area (Å²) in [6.07, 6.45) is 0. The summed E-state index contributed by atoms with van der Waals surface area (Å²) in [5, 5.41) is 0.478. The van der Waals surface area contributed by atoms with Crippen LogP contribution in [0.4, 0.5) is 4.79 Å². The van der Waals surface area contributed by atoms with Crippen molar-refractivity contribution < 1.29 is 9.53 Å². The molecule has 0 aliphatic heterocycles. The molecule has 64 valence electrons. The molecular formula is C7H3BrCl2O2. The first-order valence-electron chi connectivity index (χ1n) is 2.92. The van der Waals surface area contributed by atoms with Crippen molar-refractivity contribution in [2.45, 2.75) is 0 Å². The van der Waals surface area contributed by atoms with Gasteiger partial charge in [-0.2, -0.15) is 0 Å². The minimum absolute atomic E-state index is 0.308. The first-order chi connectivity index (χ1) is 5.59. The highest BCUT2D eigenvalue weighted by Gasteiger charge is 2.05. The molecular weight excluding hydrogens is 267 g/mol. The van der Waals surface area contributed by atoms with Crippen LogP contribution in [0.25, 0.3) is 0 Å². The highest BCUT2D eigenvalue weighted by molar-refractivity contribution is 9.10. The van der Waals surface area contributed by atoms with Crippen LogP contribution in [-0.2, 0) is 0 Å². The van der Waals surface area contributed by atoms with Crippen LogP contribution in [0.5, 0.6) is 5.75 Å². The van der Waals surface area contributed by atoms with Gasteiger partial charge in [-0.05, 0) is 28.1 Å². The molecule has 0 radical (unpaired) electrons. The Morgan fingerprint density at radius 1 is 1.50 bits per heavy atom. The molecule has 1 aromatic carbocycles. The van der Waals surface area contributed by atoms with E-state index in [1.807, 2.05) is 0 Å². The molecule has 12 heavy (non-hydrogen) atoms.